The number of aliphatic hydroxyl groups is 4. The van der Waals surface area contributed by atoms with E-state index in [1.54, 1.807) is 20.9 Å². The van der Waals surface area contributed by atoms with Gasteiger partial charge in [-0.2, -0.15) is 0 Å². The minimum atomic E-state index is -1.24. The minimum absolute atomic E-state index is 0.337. The molecule has 0 radical (unpaired) electrons. The van der Waals surface area contributed by atoms with E-state index in [2.05, 4.69) is 5.32 Å². The van der Waals surface area contributed by atoms with Crippen LogP contribution in [0.2, 0.25) is 0 Å². The predicted molar refractivity (Wildman–Crippen MR) is 91.4 cm³/mol. The molecule has 0 aliphatic carbocycles. The van der Waals surface area contributed by atoms with Crippen LogP contribution in [-0.4, -0.2) is 95.1 Å². The zero-order valence-electron chi connectivity index (χ0n) is 15.0. The molecule has 0 aromatic carbocycles. The minimum Gasteiger partial charge on any atom is -0.394 e. The quantitative estimate of drug-likeness (QED) is 0.201. The Kier molecular flexibility index (Phi) is 9.12. The molecule has 0 bridgehead atoms. The molecule has 4 unspecified atom stereocenters. The first-order chi connectivity index (χ1) is 11.6. The van der Waals surface area contributed by atoms with Crippen LogP contribution in [-0.2, 0) is 9.47 Å². The molecular formula is C15H34N4O6. The molecule has 1 saturated heterocycles. The number of nitrogens with one attached hydrogen (secondary N) is 1. The lowest BCUT2D eigenvalue weighted by molar-refractivity contribution is -0.275. The van der Waals surface area contributed by atoms with Gasteiger partial charge >= 0.3 is 0 Å². The van der Waals surface area contributed by atoms with Gasteiger partial charge in [-0.25, -0.2) is 0 Å². The second-order valence-electron chi connectivity index (χ2n) is 6.77. The molecule has 150 valence electrons. The zero-order valence-corrected chi connectivity index (χ0v) is 15.0. The van der Waals surface area contributed by atoms with Gasteiger partial charge in [-0.1, -0.05) is 0 Å². The van der Waals surface area contributed by atoms with Crippen LogP contribution in [0.4, 0.5) is 0 Å². The van der Waals surface area contributed by atoms with Gasteiger partial charge in [-0.05, 0) is 27.3 Å². The zero-order chi connectivity index (χ0) is 19.3. The highest BCUT2D eigenvalue weighted by Crippen LogP contribution is 2.24. The number of likely N-dealkylation sites (N-methyl/N-ethyl adjacent to an activating group) is 1. The first-order valence-corrected chi connectivity index (χ1v) is 8.54. The summed E-state index contributed by atoms with van der Waals surface area (Å²) in [4.78, 5) is 0. The average Bonchev–Trinajstić information content (AvgIpc) is 2.58. The fourth-order valence-electron chi connectivity index (χ4n) is 2.86. The van der Waals surface area contributed by atoms with E-state index in [9.17, 15) is 15.3 Å². The lowest BCUT2D eigenvalue weighted by atomic mass is 9.93. The van der Waals surface area contributed by atoms with Crippen LogP contribution in [0.25, 0.3) is 0 Å². The Labute approximate surface area is 148 Å². The van der Waals surface area contributed by atoms with E-state index in [4.69, 9.17) is 31.8 Å². The van der Waals surface area contributed by atoms with Crippen molar-refractivity contribution in [1.29, 1.82) is 0 Å². The lowest BCUT2D eigenvalue weighted by Crippen LogP contribution is -2.65. The van der Waals surface area contributed by atoms with Crippen LogP contribution in [0.15, 0.2) is 0 Å². The molecule has 1 rings (SSSR count). The van der Waals surface area contributed by atoms with Gasteiger partial charge in [0.2, 0.25) is 0 Å². The second-order valence-corrected chi connectivity index (χ2v) is 6.77. The summed E-state index contributed by atoms with van der Waals surface area (Å²) in [6.07, 6.45) is -5.37. The van der Waals surface area contributed by atoms with E-state index in [0.29, 0.717) is 6.42 Å². The Morgan fingerprint density at radius 1 is 1.20 bits per heavy atom. The molecular weight excluding hydrogens is 332 g/mol. The number of aliphatic hydroxyl groups excluding tert-OH is 4. The third kappa shape index (κ3) is 5.79. The maximum atomic E-state index is 10.1. The van der Waals surface area contributed by atoms with Gasteiger partial charge in [0.05, 0.1) is 24.9 Å². The summed E-state index contributed by atoms with van der Waals surface area (Å²) >= 11 is 0. The maximum Gasteiger partial charge on any atom is 0.176 e. The van der Waals surface area contributed by atoms with Crippen molar-refractivity contribution in [3.63, 3.8) is 0 Å². The van der Waals surface area contributed by atoms with Crippen molar-refractivity contribution in [2.45, 2.75) is 81.2 Å². The van der Waals surface area contributed by atoms with Crippen LogP contribution in [0.5, 0.6) is 0 Å². The maximum absolute atomic E-state index is 10.1. The van der Waals surface area contributed by atoms with Crippen molar-refractivity contribution < 1.29 is 29.9 Å². The second kappa shape index (κ2) is 10.1. The van der Waals surface area contributed by atoms with E-state index in [1.807, 2.05) is 0 Å². The smallest absolute Gasteiger partial charge is 0.176 e. The van der Waals surface area contributed by atoms with Gasteiger partial charge in [0.1, 0.15) is 18.3 Å². The molecule has 0 aromatic heterocycles. The molecule has 0 aromatic rings. The van der Waals surface area contributed by atoms with Crippen LogP contribution >= 0.6 is 0 Å². The predicted octanol–water partition coefficient (Wildman–Crippen LogP) is -3.83. The molecule has 1 aliphatic heterocycles. The summed E-state index contributed by atoms with van der Waals surface area (Å²) in [6, 6.07) is -2.38. The molecule has 1 aliphatic rings. The highest BCUT2D eigenvalue weighted by Gasteiger charge is 2.45. The first kappa shape index (κ1) is 22.6. The number of nitrogens with two attached hydrogens (primary N) is 3. The standard InChI is InChI=1S/C15H34N4O6/c1-6(16)14-13(23)12(22)11(18)15(25-14)24-7(2)8(17)4-9(19-3)10(21)5-20/h6-15,19-23H,4-5,16-18H2,1-3H3/t6?,7-,8?,9+,10-,11?,12+,13-,14?,15-/m0/s1. The van der Waals surface area contributed by atoms with E-state index in [1.165, 1.54) is 0 Å². The number of hydrogen-bond acceptors (Lipinski definition) is 10. The molecule has 0 spiro atoms. The molecule has 25 heavy (non-hydrogen) atoms. The SMILES string of the molecule is CN[C@H](CC(N)[C@H](C)O[C@H]1OC(C(C)N)[C@@H](O)[C@H](O)C1N)[C@@H](O)CO. The summed E-state index contributed by atoms with van der Waals surface area (Å²) in [5, 5.41) is 41.8. The average molecular weight is 366 g/mol. The molecule has 10 atom stereocenters. The molecule has 0 saturated carbocycles. The van der Waals surface area contributed by atoms with Crippen LogP contribution in [0, 0.1) is 0 Å². The summed E-state index contributed by atoms with van der Waals surface area (Å²) in [5.41, 5.74) is 17.8. The van der Waals surface area contributed by atoms with Gasteiger partial charge in [-0.3, -0.25) is 0 Å². The van der Waals surface area contributed by atoms with Crippen molar-refractivity contribution >= 4 is 0 Å². The van der Waals surface area contributed by atoms with E-state index in [-0.39, 0.29) is 6.61 Å². The fourth-order valence-corrected chi connectivity index (χ4v) is 2.86. The Bertz CT molecular complexity index is 391. The highest BCUT2D eigenvalue weighted by atomic mass is 16.7. The Morgan fingerprint density at radius 3 is 2.28 bits per heavy atom. The largest absolute Gasteiger partial charge is 0.394 e. The third-order valence-corrected chi connectivity index (χ3v) is 4.70. The van der Waals surface area contributed by atoms with Gasteiger partial charge < -0.3 is 52.4 Å². The topological polar surface area (TPSA) is 189 Å². The normalized spacial score (nSPS) is 36.5. The number of rotatable bonds is 9. The van der Waals surface area contributed by atoms with Gasteiger partial charge in [0.25, 0.3) is 0 Å². The van der Waals surface area contributed by atoms with Crippen molar-refractivity contribution in [3.05, 3.63) is 0 Å². The molecule has 10 nitrogen and oxygen atoms in total. The van der Waals surface area contributed by atoms with Crippen molar-refractivity contribution in [1.82, 2.24) is 5.32 Å². The Hall–Kier alpha value is -0.400. The van der Waals surface area contributed by atoms with Gasteiger partial charge in [0, 0.05) is 18.1 Å². The lowest BCUT2D eigenvalue weighted by Gasteiger charge is -2.43. The summed E-state index contributed by atoms with van der Waals surface area (Å²) in [5.74, 6) is 0. The summed E-state index contributed by atoms with van der Waals surface area (Å²) < 4.78 is 11.4. The molecule has 1 fully saturated rings. The Morgan fingerprint density at radius 2 is 1.80 bits per heavy atom. The van der Waals surface area contributed by atoms with Crippen LogP contribution in [0.1, 0.15) is 20.3 Å². The molecule has 10 heteroatoms. The van der Waals surface area contributed by atoms with E-state index in [0.717, 1.165) is 0 Å². The molecule has 0 amide bonds. The van der Waals surface area contributed by atoms with Gasteiger partial charge in [0.15, 0.2) is 6.29 Å². The molecule has 1 heterocycles. The van der Waals surface area contributed by atoms with Crippen molar-refractivity contribution in [2.24, 2.45) is 17.2 Å². The fraction of sp³-hybridized carbons (Fsp3) is 1.00. The van der Waals surface area contributed by atoms with Gasteiger partial charge in [-0.15, -0.1) is 0 Å². The van der Waals surface area contributed by atoms with E-state index < -0.39 is 61.0 Å². The van der Waals surface area contributed by atoms with Crippen molar-refractivity contribution in [2.75, 3.05) is 13.7 Å². The summed E-state index contributed by atoms with van der Waals surface area (Å²) in [7, 11) is 1.66. The summed E-state index contributed by atoms with van der Waals surface area (Å²) in [6.45, 7) is 2.98. The van der Waals surface area contributed by atoms with E-state index >= 15 is 0 Å². The number of ether oxygens (including phenoxy) is 2. The third-order valence-electron chi connectivity index (χ3n) is 4.70. The van der Waals surface area contributed by atoms with Crippen LogP contribution < -0.4 is 22.5 Å². The monoisotopic (exact) mass is 366 g/mol. The highest BCUT2D eigenvalue weighted by molar-refractivity contribution is 4.95. The van der Waals surface area contributed by atoms with Crippen LogP contribution in [0.3, 0.4) is 0 Å². The molecule has 11 N–H and O–H groups in total. The van der Waals surface area contributed by atoms with Crippen molar-refractivity contribution in [3.8, 4) is 0 Å². The first-order valence-electron chi connectivity index (χ1n) is 8.54. The Balaban J connectivity index is 2.68. The number of hydrogen-bond donors (Lipinski definition) is 8.